The number of hydrogen-bond acceptors (Lipinski definition) is 2. The quantitative estimate of drug-likeness (QED) is 0.227. The molecule has 0 saturated carbocycles. The Morgan fingerprint density at radius 2 is 1.00 bits per heavy atom. The second-order valence-corrected chi connectivity index (χ2v) is 13.2. The third kappa shape index (κ3) is 8.49. The van der Waals surface area contributed by atoms with Crippen molar-refractivity contribution in [1.29, 1.82) is 0 Å². The Labute approximate surface area is 234 Å². The molecule has 36 heavy (non-hydrogen) atoms. The van der Waals surface area contributed by atoms with Crippen LogP contribution < -0.4 is 10.5 Å². The van der Waals surface area contributed by atoms with E-state index in [0.29, 0.717) is 0 Å². The molecule has 0 radical (unpaired) electrons. The molecule has 0 fully saturated rings. The van der Waals surface area contributed by atoms with Crippen LogP contribution in [0.3, 0.4) is 0 Å². The van der Waals surface area contributed by atoms with E-state index in [1.807, 2.05) is 106 Å². The average molecular weight is 628 g/mol. The summed E-state index contributed by atoms with van der Waals surface area (Å²) < 4.78 is 17.6. The molecule has 0 saturated heterocycles. The van der Waals surface area contributed by atoms with E-state index in [-0.39, 0.29) is 16.8 Å². The summed E-state index contributed by atoms with van der Waals surface area (Å²) in [5.41, 5.74) is 10.6. The fourth-order valence-corrected chi connectivity index (χ4v) is 4.80. The fourth-order valence-electron chi connectivity index (χ4n) is 3.44. The molecule has 4 aromatic carbocycles. The van der Waals surface area contributed by atoms with Gasteiger partial charge in [-0.15, -0.1) is 0 Å². The topological polar surface area (TPSA) is 55.1 Å². The second-order valence-electron chi connectivity index (χ2n) is 9.33. The van der Waals surface area contributed by atoms with E-state index in [9.17, 15) is 4.21 Å². The maximum absolute atomic E-state index is 12.5. The van der Waals surface area contributed by atoms with Crippen LogP contribution in [0.1, 0.15) is 55.1 Å². The Kier molecular flexibility index (Phi) is 10.6. The van der Waals surface area contributed by atoms with Crippen LogP contribution >= 0.6 is 31.9 Å². The Hall–Kier alpha value is -2.09. The summed E-state index contributed by atoms with van der Waals surface area (Å²) in [7, 11) is -1.14. The summed E-state index contributed by atoms with van der Waals surface area (Å²) in [6, 6.07) is 36.3. The lowest BCUT2D eigenvalue weighted by Gasteiger charge is -2.25. The summed E-state index contributed by atoms with van der Waals surface area (Å²) >= 11 is 6.86. The van der Waals surface area contributed by atoms with E-state index in [4.69, 9.17) is 5.73 Å². The van der Waals surface area contributed by atoms with Gasteiger partial charge in [-0.3, -0.25) is 0 Å². The van der Waals surface area contributed by atoms with Crippen molar-refractivity contribution in [2.45, 2.75) is 37.6 Å². The van der Waals surface area contributed by atoms with Gasteiger partial charge in [-0.2, -0.15) is 0 Å². The first-order chi connectivity index (χ1) is 17.1. The largest absolute Gasteiger partial charge is 0.320 e. The molecule has 3 N–H and O–H groups in total. The predicted octanol–water partition coefficient (Wildman–Crippen LogP) is 8.09. The second kappa shape index (κ2) is 13.5. The first-order valence-corrected chi connectivity index (χ1v) is 14.4. The Balaban J connectivity index is 0.000000212. The predicted molar refractivity (Wildman–Crippen MR) is 160 cm³/mol. The number of halogens is 2. The summed E-state index contributed by atoms with van der Waals surface area (Å²) in [5, 5.41) is 0. The first-order valence-electron chi connectivity index (χ1n) is 11.7. The van der Waals surface area contributed by atoms with Gasteiger partial charge in [0.2, 0.25) is 0 Å². The van der Waals surface area contributed by atoms with Crippen molar-refractivity contribution in [3.8, 4) is 0 Å². The molecule has 0 aliphatic rings. The van der Waals surface area contributed by atoms with Gasteiger partial charge in [-0.1, -0.05) is 117 Å². The number of rotatable bonds is 6. The van der Waals surface area contributed by atoms with Crippen molar-refractivity contribution >= 4 is 42.8 Å². The highest BCUT2D eigenvalue weighted by Gasteiger charge is 2.24. The van der Waals surface area contributed by atoms with Crippen LogP contribution in [-0.2, 0) is 11.0 Å². The molecular formula is C30H32Br2N2OS. The normalized spacial score (nSPS) is 13.7. The average Bonchev–Trinajstić information content (AvgIpc) is 2.89. The molecule has 3 atom stereocenters. The number of nitrogens with two attached hydrogens (primary N) is 1. The standard InChI is InChI=1S/C17H20BrNOS.C13H12BrN/c1-17(2,3)21(20)19-16(13-7-5-4-6-8-13)14-9-11-15(18)12-10-14;14-12-8-6-11(7-9-12)13(15)10-4-2-1-3-5-10/h4-12,16,19H,1-3H3;1-9,13H,15H2/t16-,21+;13-/m11/s1. The molecule has 0 spiro atoms. The zero-order valence-electron chi connectivity index (χ0n) is 20.7. The molecule has 0 heterocycles. The number of benzene rings is 4. The summed E-state index contributed by atoms with van der Waals surface area (Å²) in [5.74, 6) is 0. The number of hydrogen-bond donors (Lipinski definition) is 2. The molecule has 0 amide bonds. The minimum Gasteiger partial charge on any atom is -0.320 e. The third-order valence-corrected chi connectivity index (χ3v) is 8.12. The van der Waals surface area contributed by atoms with E-state index in [1.54, 1.807) is 0 Å². The van der Waals surface area contributed by atoms with Gasteiger partial charge < -0.3 is 5.73 Å². The lowest BCUT2D eigenvalue weighted by Crippen LogP contribution is -2.36. The van der Waals surface area contributed by atoms with Crippen molar-refractivity contribution < 1.29 is 4.21 Å². The van der Waals surface area contributed by atoms with Gasteiger partial charge in [0.1, 0.15) is 0 Å². The maximum atomic E-state index is 12.5. The summed E-state index contributed by atoms with van der Waals surface area (Å²) in [6.07, 6.45) is 0. The van der Waals surface area contributed by atoms with Gasteiger partial charge in [0.25, 0.3) is 0 Å². The van der Waals surface area contributed by atoms with Crippen molar-refractivity contribution in [2.24, 2.45) is 5.73 Å². The lowest BCUT2D eigenvalue weighted by molar-refractivity contribution is 0.623. The fraction of sp³-hybridized carbons (Fsp3) is 0.200. The van der Waals surface area contributed by atoms with Crippen LogP contribution in [0.25, 0.3) is 0 Å². The van der Waals surface area contributed by atoms with Crippen molar-refractivity contribution in [2.75, 3.05) is 0 Å². The van der Waals surface area contributed by atoms with Gasteiger partial charge in [0, 0.05) is 8.95 Å². The Morgan fingerprint density at radius 1 is 0.639 bits per heavy atom. The molecular weight excluding hydrogens is 596 g/mol. The summed E-state index contributed by atoms with van der Waals surface area (Å²) in [4.78, 5) is 0. The molecule has 4 aromatic rings. The van der Waals surface area contributed by atoms with E-state index < -0.39 is 11.0 Å². The van der Waals surface area contributed by atoms with Crippen LogP contribution in [0.2, 0.25) is 0 Å². The van der Waals surface area contributed by atoms with Crippen LogP contribution in [0.15, 0.2) is 118 Å². The third-order valence-electron chi connectivity index (χ3n) is 5.51. The van der Waals surface area contributed by atoms with Crippen molar-refractivity contribution in [3.05, 3.63) is 140 Å². The minimum absolute atomic E-state index is 0.0423. The molecule has 4 rings (SSSR count). The van der Waals surface area contributed by atoms with Crippen LogP contribution in [-0.4, -0.2) is 8.96 Å². The smallest absolute Gasteiger partial charge is 0.0979 e. The monoisotopic (exact) mass is 626 g/mol. The molecule has 0 aromatic heterocycles. The Bertz CT molecular complexity index is 1230. The van der Waals surface area contributed by atoms with Gasteiger partial charge >= 0.3 is 0 Å². The van der Waals surface area contributed by atoms with Crippen LogP contribution in [0.5, 0.6) is 0 Å². The SMILES string of the molecule is CC(C)(C)[S@](=O)N[C@H](c1ccccc1)c1ccc(Br)cc1.N[C@H](c1ccccc1)c1ccc(Br)cc1. The highest BCUT2D eigenvalue weighted by Crippen LogP contribution is 2.26. The van der Waals surface area contributed by atoms with Gasteiger partial charge in [-0.05, 0) is 67.3 Å². The molecule has 6 heteroatoms. The van der Waals surface area contributed by atoms with Gasteiger partial charge in [-0.25, -0.2) is 8.93 Å². The summed E-state index contributed by atoms with van der Waals surface area (Å²) in [6.45, 7) is 5.92. The van der Waals surface area contributed by atoms with Gasteiger partial charge in [0.05, 0.1) is 27.8 Å². The zero-order chi connectivity index (χ0) is 26.1. The molecule has 3 nitrogen and oxygen atoms in total. The molecule has 0 aliphatic carbocycles. The Morgan fingerprint density at radius 3 is 1.44 bits per heavy atom. The van der Waals surface area contributed by atoms with Crippen molar-refractivity contribution in [1.82, 2.24) is 4.72 Å². The molecule has 0 unspecified atom stereocenters. The van der Waals surface area contributed by atoms with E-state index in [1.165, 1.54) is 0 Å². The van der Waals surface area contributed by atoms with Crippen LogP contribution in [0.4, 0.5) is 0 Å². The molecule has 0 aliphatic heterocycles. The van der Waals surface area contributed by atoms with E-state index in [2.05, 4.69) is 60.8 Å². The van der Waals surface area contributed by atoms with Crippen molar-refractivity contribution in [3.63, 3.8) is 0 Å². The first kappa shape index (κ1) is 28.5. The van der Waals surface area contributed by atoms with E-state index in [0.717, 1.165) is 31.2 Å². The van der Waals surface area contributed by atoms with Gasteiger partial charge in [0.15, 0.2) is 0 Å². The van der Waals surface area contributed by atoms with E-state index >= 15 is 0 Å². The highest BCUT2D eigenvalue weighted by molar-refractivity contribution is 9.10. The molecule has 188 valence electrons. The maximum Gasteiger partial charge on any atom is 0.0979 e. The zero-order valence-corrected chi connectivity index (χ0v) is 24.7. The number of nitrogens with one attached hydrogen (secondary N) is 1. The lowest BCUT2D eigenvalue weighted by atomic mass is 10.00. The highest BCUT2D eigenvalue weighted by atomic mass is 79.9. The minimum atomic E-state index is -1.14. The molecule has 0 bridgehead atoms. The van der Waals surface area contributed by atoms with Crippen LogP contribution in [0, 0.1) is 0 Å².